The van der Waals surface area contributed by atoms with Gasteiger partial charge in [0.2, 0.25) is 0 Å². The Kier molecular flexibility index (Phi) is 7.97. The van der Waals surface area contributed by atoms with Gasteiger partial charge in [-0.25, -0.2) is 0 Å². The molecule has 0 atom stereocenters. The molecule has 0 aromatic heterocycles. The summed E-state index contributed by atoms with van der Waals surface area (Å²) in [5.41, 5.74) is 2.03. The lowest BCUT2D eigenvalue weighted by Gasteiger charge is -2.21. The van der Waals surface area contributed by atoms with Crippen molar-refractivity contribution in [2.75, 3.05) is 10.6 Å². The molecule has 31 heavy (non-hydrogen) atoms. The van der Waals surface area contributed by atoms with E-state index < -0.39 is 0 Å². The third-order valence-electron chi connectivity index (χ3n) is 6.19. The second kappa shape index (κ2) is 11.5. The van der Waals surface area contributed by atoms with Gasteiger partial charge in [-0.2, -0.15) is 0 Å². The molecule has 0 radical (unpaired) electrons. The van der Waals surface area contributed by atoms with E-state index in [-0.39, 0.29) is 0 Å². The molecule has 5 heteroatoms. The Balaban J connectivity index is 1.59. The topological polar surface area (TPSA) is 62.4 Å². The molecule has 4 N–H and O–H groups in total. The van der Waals surface area contributed by atoms with Crippen molar-refractivity contribution in [3.63, 3.8) is 0 Å². The molecule has 0 bridgehead atoms. The van der Waals surface area contributed by atoms with Gasteiger partial charge in [0.05, 0.1) is 12.1 Å². The minimum atomic E-state index is 0.498. The molecule has 164 valence electrons. The molecule has 0 amide bonds. The Morgan fingerprint density at radius 2 is 1.19 bits per heavy atom. The van der Waals surface area contributed by atoms with Gasteiger partial charge >= 0.3 is 5.96 Å². The van der Waals surface area contributed by atoms with Gasteiger partial charge in [-0.3, -0.25) is 10.3 Å². The average molecular weight is 419 g/mol. The molecule has 2 saturated carbocycles. The van der Waals surface area contributed by atoms with Crippen molar-refractivity contribution >= 4 is 23.3 Å². The number of hydrogen-bond acceptors (Lipinski definition) is 0. The largest absolute Gasteiger partial charge is 0.388 e. The maximum atomic E-state index is 5.04. The van der Waals surface area contributed by atoms with E-state index in [4.69, 9.17) is 4.99 Å². The number of rotatable bonds is 4. The van der Waals surface area contributed by atoms with Crippen LogP contribution in [-0.4, -0.2) is 24.0 Å². The van der Waals surface area contributed by atoms with Crippen molar-refractivity contribution in [2.24, 2.45) is 4.99 Å². The second-order valence-corrected chi connectivity index (χ2v) is 8.75. The molecule has 0 heterocycles. The summed E-state index contributed by atoms with van der Waals surface area (Å²) < 4.78 is 0. The van der Waals surface area contributed by atoms with Gasteiger partial charge < -0.3 is 10.6 Å². The minimum absolute atomic E-state index is 0.498. The Morgan fingerprint density at radius 3 is 1.74 bits per heavy atom. The molecule has 0 spiro atoms. The van der Waals surface area contributed by atoms with E-state index in [9.17, 15) is 0 Å². The molecule has 0 aliphatic heterocycles. The van der Waals surface area contributed by atoms with Crippen LogP contribution in [0.5, 0.6) is 0 Å². The first-order valence-electron chi connectivity index (χ1n) is 12.0. The SMILES string of the molecule is c1ccc(NC(=NC(NC2CCCCC2)=[NH+]C2CCCCC2)Nc2ccccc2)cc1. The Labute approximate surface area is 186 Å². The number of aliphatic imine (C=N–C) groups is 1. The zero-order valence-corrected chi connectivity index (χ0v) is 18.4. The normalized spacial score (nSPS) is 18.3. The number of benzene rings is 2. The van der Waals surface area contributed by atoms with E-state index in [0.717, 1.165) is 23.3 Å². The number of anilines is 2. The van der Waals surface area contributed by atoms with Crippen LogP contribution in [0.1, 0.15) is 64.2 Å². The molecule has 2 aromatic rings. The van der Waals surface area contributed by atoms with Crippen LogP contribution in [-0.2, 0) is 0 Å². The first kappa shape index (κ1) is 21.4. The summed E-state index contributed by atoms with van der Waals surface area (Å²) >= 11 is 0. The minimum Gasteiger partial charge on any atom is -0.312 e. The van der Waals surface area contributed by atoms with Crippen LogP contribution in [0.25, 0.3) is 0 Å². The first-order valence-corrected chi connectivity index (χ1v) is 12.0. The molecule has 2 aliphatic carbocycles. The first-order chi connectivity index (χ1) is 15.3. The van der Waals surface area contributed by atoms with E-state index >= 15 is 0 Å². The van der Waals surface area contributed by atoms with Crippen LogP contribution in [0.3, 0.4) is 0 Å². The van der Waals surface area contributed by atoms with Crippen LogP contribution in [0.4, 0.5) is 11.4 Å². The van der Waals surface area contributed by atoms with Gasteiger partial charge in [-0.1, -0.05) is 74.9 Å². The van der Waals surface area contributed by atoms with Crippen molar-refractivity contribution < 1.29 is 4.99 Å². The number of guanidine groups is 2. The number of hydrogen-bond donors (Lipinski definition) is 4. The third kappa shape index (κ3) is 7.12. The molecular formula is C26H36N5+. The lowest BCUT2D eigenvalue weighted by molar-refractivity contribution is -0.510. The van der Waals surface area contributed by atoms with E-state index in [1.807, 2.05) is 36.4 Å². The third-order valence-corrected chi connectivity index (χ3v) is 6.19. The average Bonchev–Trinajstić information content (AvgIpc) is 2.82. The Morgan fingerprint density at radius 1 is 0.677 bits per heavy atom. The van der Waals surface area contributed by atoms with Gasteiger partial charge in [0.25, 0.3) is 5.96 Å². The van der Waals surface area contributed by atoms with E-state index in [2.05, 4.69) is 45.2 Å². The van der Waals surface area contributed by atoms with Crippen LogP contribution < -0.4 is 20.9 Å². The fraction of sp³-hybridized carbons (Fsp3) is 0.462. The van der Waals surface area contributed by atoms with Crippen LogP contribution in [0, 0.1) is 0 Å². The molecule has 0 saturated heterocycles. The number of nitrogens with zero attached hydrogens (tertiary/aromatic N) is 1. The van der Waals surface area contributed by atoms with E-state index in [1.165, 1.54) is 64.2 Å². The van der Waals surface area contributed by atoms with Crippen molar-refractivity contribution in [3.8, 4) is 0 Å². The molecule has 2 aliphatic rings. The standard InChI is InChI=1S/C26H35N5/c1-5-13-21(14-6-1)27-25(28-22-15-7-2-8-16-22)31-26(29-23-17-9-3-10-18-23)30-24-19-11-4-12-20-24/h1-2,5-8,13-16,23-24H,3-4,9-12,17-20H2,(H3,27,28,29,30,31)/p+1. The fourth-order valence-electron chi connectivity index (χ4n) is 4.50. The molecule has 4 rings (SSSR count). The van der Waals surface area contributed by atoms with Crippen LogP contribution >= 0.6 is 0 Å². The van der Waals surface area contributed by atoms with Gasteiger partial charge in [0.15, 0.2) is 0 Å². The smallest absolute Gasteiger partial charge is 0.312 e. The molecule has 2 fully saturated rings. The summed E-state index contributed by atoms with van der Waals surface area (Å²) in [6.07, 6.45) is 12.8. The maximum absolute atomic E-state index is 5.04. The molecule has 2 aromatic carbocycles. The van der Waals surface area contributed by atoms with Gasteiger partial charge in [0.1, 0.15) is 0 Å². The summed E-state index contributed by atoms with van der Waals surface area (Å²) in [4.78, 5) is 8.79. The van der Waals surface area contributed by atoms with Crippen LogP contribution in [0.2, 0.25) is 0 Å². The summed E-state index contributed by atoms with van der Waals surface area (Å²) in [7, 11) is 0. The highest BCUT2D eigenvalue weighted by Gasteiger charge is 2.23. The monoisotopic (exact) mass is 418 g/mol. The summed E-state index contributed by atoms with van der Waals surface area (Å²) in [6.45, 7) is 0. The lowest BCUT2D eigenvalue weighted by Crippen LogP contribution is -2.82. The van der Waals surface area contributed by atoms with Crippen molar-refractivity contribution in [1.29, 1.82) is 0 Å². The van der Waals surface area contributed by atoms with Crippen molar-refractivity contribution in [2.45, 2.75) is 76.3 Å². The molecule has 5 nitrogen and oxygen atoms in total. The highest BCUT2D eigenvalue weighted by Crippen LogP contribution is 2.18. The van der Waals surface area contributed by atoms with E-state index in [1.54, 1.807) is 0 Å². The maximum Gasteiger partial charge on any atom is 0.388 e. The van der Waals surface area contributed by atoms with Crippen molar-refractivity contribution in [1.82, 2.24) is 5.32 Å². The predicted octanol–water partition coefficient (Wildman–Crippen LogP) is 4.26. The Hall–Kier alpha value is -2.82. The molecule has 0 unspecified atom stereocenters. The van der Waals surface area contributed by atoms with Gasteiger partial charge in [-0.15, -0.1) is 0 Å². The summed E-state index contributed by atoms with van der Waals surface area (Å²) in [5.74, 6) is 1.61. The number of para-hydroxylation sites is 2. The molecular weight excluding hydrogens is 382 g/mol. The highest BCUT2D eigenvalue weighted by atomic mass is 15.2. The number of nitrogens with one attached hydrogen (secondary N) is 4. The van der Waals surface area contributed by atoms with Crippen molar-refractivity contribution in [3.05, 3.63) is 60.7 Å². The lowest BCUT2D eigenvalue weighted by atomic mass is 9.95. The zero-order chi connectivity index (χ0) is 21.1. The second-order valence-electron chi connectivity index (χ2n) is 8.75. The van der Waals surface area contributed by atoms with Crippen LogP contribution in [0.15, 0.2) is 65.7 Å². The highest BCUT2D eigenvalue weighted by molar-refractivity contribution is 6.08. The zero-order valence-electron chi connectivity index (χ0n) is 18.4. The van der Waals surface area contributed by atoms with E-state index in [0.29, 0.717) is 12.1 Å². The summed E-state index contributed by atoms with van der Waals surface area (Å²) in [5, 5.41) is 10.7. The quantitative estimate of drug-likeness (QED) is 0.443. The Bertz CT molecular complexity index is 791. The fourth-order valence-corrected chi connectivity index (χ4v) is 4.50. The van der Waals surface area contributed by atoms with Gasteiger partial charge in [-0.05, 0) is 54.9 Å². The summed E-state index contributed by atoms with van der Waals surface area (Å²) in [6, 6.07) is 21.4. The predicted molar refractivity (Wildman–Crippen MR) is 130 cm³/mol. The van der Waals surface area contributed by atoms with Gasteiger partial charge in [0, 0.05) is 11.4 Å².